The molecule has 0 bridgehead atoms. The minimum atomic E-state index is -0.811. The number of likely N-dealkylation sites (tertiary alicyclic amines) is 1. The van der Waals surface area contributed by atoms with Crippen LogP contribution in [-0.4, -0.2) is 98.8 Å². The lowest BCUT2D eigenvalue weighted by Gasteiger charge is -2.44. The van der Waals surface area contributed by atoms with Gasteiger partial charge in [-0.1, -0.05) is 23.7 Å². The lowest BCUT2D eigenvalue weighted by molar-refractivity contribution is -0.932. The van der Waals surface area contributed by atoms with E-state index >= 15 is 0 Å². The van der Waals surface area contributed by atoms with E-state index in [9.17, 15) is 13.8 Å². The molecule has 218 valence electrons. The summed E-state index contributed by atoms with van der Waals surface area (Å²) in [7, 11) is -0.811. The van der Waals surface area contributed by atoms with E-state index in [0.717, 1.165) is 56.3 Å². The van der Waals surface area contributed by atoms with Gasteiger partial charge in [-0.15, -0.1) is 0 Å². The molecule has 4 rings (SSSR count). The number of nitrogens with one attached hydrogen (secondary N) is 1. The quantitative estimate of drug-likeness (QED) is 0.352. The van der Waals surface area contributed by atoms with Crippen LogP contribution in [0.25, 0.3) is 0 Å². The summed E-state index contributed by atoms with van der Waals surface area (Å²) in [5.41, 5.74) is 12.7. The molecular weight excluding hydrogens is 554 g/mol. The van der Waals surface area contributed by atoms with Crippen molar-refractivity contribution in [2.75, 3.05) is 68.8 Å². The summed E-state index contributed by atoms with van der Waals surface area (Å²) >= 11 is 5.95. The Labute approximate surface area is 242 Å². The number of amides is 2. The number of nitrogens with zero attached hydrogens (tertiary/aromatic N) is 4. The van der Waals surface area contributed by atoms with Gasteiger partial charge in [0.15, 0.2) is 29.1 Å². The maximum Gasteiger partial charge on any atom is 0.274 e. The highest BCUT2D eigenvalue weighted by Gasteiger charge is 2.34. The SMILES string of the molecule is CC[N+]1(CCCc2ccc(OCC(=O)N3CCS(=O)CC3)cc2)CCCC(NC(=O)c2nc(Cl)c(N)nc2N)C1. The van der Waals surface area contributed by atoms with Crippen molar-refractivity contribution in [2.24, 2.45) is 0 Å². The third-order valence-corrected chi connectivity index (χ3v) is 9.39. The molecule has 2 aliphatic heterocycles. The Balaban J connectivity index is 1.24. The number of halogens is 1. The number of aryl methyl sites for hydroxylation is 1. The fraction of sp³-hybridized carbons (Fsp3) is 0.556. The number of nitrogens with two attached hydrogens (primary N) is 2. The van der Waals surface area contributed by atoms with Gasteiger partial charge in [0.25, 0.3) is 11.8 Å². The van der Waals surface area contributed by atoms with E-state index in [-0.39, 0.29) is 46.9 Å². The molecule has 2 amide bonds. The number of aromatic nitrogens is 2. The maximum absolute atomic E-state index is 12.9. The number of nitrogen functional groups attached to an aromatic ring is 2. The second-order valence-electron chi connectivity index (χ2n) is 10.5. The van der Waals surface area contributed by atoms with Crippen LogP contribution in [0.15, 0.2) is 24.3 Å². The molecule has 2 aliphatic rings. The number of carbonyl (C=O) groups excluding carboxylic acids is 2. The van der Waals surface area contributed by atoms with E-state index in [4.69, 9.17) is 27.8 Å². The highest BCUT2D eigenvalue weighted by molar-refractivity contribution is 7.85. The van der Waals surface area contributed by atoms with Gasteiger partial charge in [-0.2, -0.15) is 0 Å². The normalized spacial score (nSPS) is 21.6. The fourth-order valence-electron chi connectivity index (χ4n) is 5.45. The van der Waals surface area contributed by atoms with Crippen LogP contribution in [0.1, 0.15) is 42.2 Å². The van der Waals surface area contributed by atoms with Crippen molar-refractivity contribution in [1.82, 2.24) is 20.2 Å². The van der Waals surface area contributed by atoms with Gasteiger partial charge >= 0.3 is 0 Å². The Bertz CT molecular complexity index is 1220. The minimum Gasteiger partial charge on any atom is -0.484 e. The molecule has 3 heterocycles. The summed E-state index contributed by atoms with van der Waals surface area (Å²) < 4.78 is 18.1. The number of quaternary nitrogens is 1. The molecule has 13 heteroatoms. The molecule has 2 fully saturated rings. The maximum atomic E-state index is 12.9. The first-order chi connectivity index (χ1) is 19.2. The lowest BCUT2D eigenvalue weighted by atomic mass is 10.0. The first-order valence-corrected chi connectivity index (χ1v) is 15.6. The minimum absolute atomic E-state index is 0.000323. The van der Waals surface area contributed by atoms with Crippen molar-refractivity contribution in [3.8, 4) is 5.75 Å². The number of carbonyl (C=O) groups is 2. The molecule has 0 radical (unpaired) electrons. The Morgan fingerprint density at radius 1 is 1.18 bits per heavy atom. The van der Waals surface area contributed by atoms with Crippen LogP contribution < -0.4 is 21.5 Å². The number of hydrogen-bond acceptors (Lipinski definition) is 8. The number of ether oxygens (including phenoxy) is 1. The zero-order valence-electron chi connectivity index (χ0n) is 22.9. The molecule has 1 aromatic carbocycles. The van der Waals surface area contributed by atoms with Gasteiger partial charge in [-0.05, 0) is 43.9 Å². The predicted molar refractivity (Wildman–Crippen MR) is 156 cm³/mol. The average molecular weight is 593 g/mol. The molecule has 1 aromatic heterocycles. The van der Waals surface area contributed by atoms with Gasteiger partial charge in [0.05, 0.1) is 32.2 Å². The van der Waals surface area contributed by atoms with E-state index in [0.29, 0.717) is 30.3 Å². The largest absolute Gasteiger partial charge is 0.484 e. The second-order valence-corrected chi connectivity index (χ2v) is 12.6. The molecule has 0 spiro atoms. The van der Waals surface area contributed by atoms with Gasteiger partial charge < -0.3 is 30.9 Å². The predicted octanol–water partition coefficient (Wildman–Crippen LogP) is 1.63. The Kier molecular flexibility index (Phi) is 10.2. The van der Waals surface area contributed by atoms with Crippen LogP contribution in [-0.2, 0) is 22.0 Å². The van der Waals surface area contributed by atoms with E-state index in [2.05, 4.69) is 22.2 Å². The first kappa shape index (κ1) is 30.0. The molecule has 0 aliphatic carbocycles. The van der Waals surface area contributed by atoms with Crippen molar-refractivity contribution in [3.63, 3.8) is 0 Å². The summed E-state index contributed by atoms with van der Waals surface area (Å²) in [6, 6.07) is 7.90. The topological polar surface area (TPSA) is 154 Å². The summed E-state index contributed by atoms with van der Waals surface area (Å²) in [6.07, 6.45) is 3.85. The van der Waals surface area contributed by atoms with Crippen LogP contribution in [0.2, 0.25) is 5.15 Å². The molecule has 2 aromatic rings. The highest BCUT2D eigenvalue weighted by Crippen LogP contribution is 2.23. The summed E-state index contributed by atoms with van der Waals surface area (Å²) in [5.74, 6) is 1.25. The van der Waals surface area contributed by atoms with E-state index in [1.165, 1.54) is 5.56 Å². The van der Waals surface area contributed by atoms with Crippen molar-refractivity contribution < 1.29 is 23.0 Å². The number of anilines is 2. The Hall–Kier alpha value is -2.96. The van der Waals surface area contributed by atoms with Gasteiger partial charge in [0, 0.05) is 41.8 Å². The van der Waals surface area contributed by atoms with Gasteiger partial charge in [-0.3, -0.25) is 13.8 Å². The average Bonchev–Trinajstić information content (AvgIpc) is 2.95. The summed E-state index contributed by atoms with van der Waals surface area (Å²) in [5, 5.41) is 3.04. The van der Waals surface area contributed by atoms with Crippen molar-refractivity contribution in [1.29, 1.82) is 0 Å². The van der Waals surface area contributed by atoms with E-state index in [1.54, 1.807) is 4.90 Å². The number of piperidine rings is 1. The molecule has 0 saturated carbocycles. The number of likely N-dealkylation sites (N-methyl/N-ethyl adjacent to an activating group) is 1. The molecule has 11 nitrogen and oxygen atoms in total. The van der Waals surface area contributed by atoms with E-state index < -0.39 is 10.8 Å². The summed E-state index contributed by atoms with van der Waals surface area (Å²) in [4.78, 5) is 34.9. The molecule has 40 heavy (non-hydrogen) atoms. The summed E-state index contributed by atoms with van der Waals surface area (Å²) in [6.45, 7) is 7.15. The Morgan fingerprint density at radius 2 is 1.90 bits per heavy atom. The highest BCUT2D eigenvalue weighted by atomic mass is 35.5. The third kappa shape index (κ3) is 7.82. The van der Waals surface area contributed by atoms with Crippen molar-refractivity contribution in [2.45, 2.75) is 38.6 Å². The van der Waals surface area contributed by atoms with Crippen molar-refractivity contribution >= 4 is 45.9 Å². The molecule has 2 saturated heterocycles. The van der Waals surface area contributed by atoms with Crippen LogP contribution in [0.5, 0.6) is 5.75 Å². The zero-order chi connectivity index (χ0) is 28.7. The van der Waals surface area contributed by atoms with Crippen LogP contribution >= 0.6 is 11.6 Å². The van der Waals surface area contributed by atoms with Crippen molar-refractivity contribution in [3.05, 3.63) is 40.7 Å². The van der Waals surface area contributed by atoms with Crippen LogP contribution in [0, 0.1) is 0 Å². The Morgan fingerprint density at radius 3 is 2.60 bits per heavy atom. The monoisotopic (exact) mass is 592 g/mol. The van der Waals surface area contributed by atoms with Gasteiger partial charge in [0.2, 0.25) is 0 Å². The van der Waals surface area contributed by atoms with Crippen LogP contribution in [0.3, 0.4) is 0 Å². The zero-order valence-corrected chi connectivity index (χ0v) is 24.5. The number of hydrogen-bond donors (Lipinski definition) is 3. The number of rotatable bonds is 10. The molecule has 2 unspecified atom stereocenters. The molecule has 5 N–H and O–H groups in total. The van der Waals surface area contributed by atoms with Crippen LogP contribution in [0.4, 0.5) is 11.6 Å². The molecular formula is C27H39ClN7O4S+. The smallest absolute Gasteiger partial charge is 0.274 e. The first-order valence-electron chi connectivity index (χ1n) is 13.8. The lowest BCUT2D eigenvalue weighted by Crippen LogP contribution is -2.59. The number of benzene rings is 1. The second kappa shape index (κ2) is 13.6. The molecule has 2 atom stereocenters. The van der Waals surface area contributed by atoms with Gasteiger partial charge in [0.1, 0.15) is 5.75 Å². The van der Waals surface area contributed by atoms with E-state index in [1.807, 2.05) is 24.3 Å². The fourth-order valence-corrected chi connectivity index (χ4v) is 6.63. The third-order valence-electron chi connectivity index (χ3n) is 7.83. The van der Waals surface area contributed by atoms with Gasteiger partial charge in [-0.25, -0.2) is 9.97 Å². The standard InChI is InChI=1S/C27H38ClN7O4S/c1-2-35(14-4-6-20(17-35)31-27(37)23-25(29)33-26(30)24(28)32-23)13-3-5-19-7-9-21(10-8-19)39-18-22(36)34-11-15-40(38)16-12-34/h7-10,20H,2-6,11-18H2,1H3,(H4-,29,30,31,33,37)/p+1.